The summed E-state index contributed by atoms with van der Waals surface area (Å²) in [5, 5.41) is 7.83. The molecule has 12 heteroatoms. The largest absolute Gasteiger partial charge is 0.393 e. The van der Waals surface area contributed by atoms with Gasteiger partial charge in [0, 0.05) is 50.0 Å². The molecule has 4 rings (SSSR count). The van der Waals surface area contributed by atoms with Crippen LogP contribution in [0.3, 0.4) is 0 Å². The maximum Gasteiger partial charge on any atom is 0.275 e. The van der Waals surface area contributed by atoms with Crippen LogP contribution in [0.15, 0.2) is 40.1 Å². The van der Waals surface area contributed by atoms with Crippen LogP contribution in [-0.4, -0.2) is 92.4 Å². The smallest absolute Gasteiger partial charge is 0.275 e. The molecule has 4 bridgehead atoms. The molecule has 2 aromatic rings. The number of aromatic nitrogens is 2. The lowest BCUT2D eigenvalue weighted by molar-refractivity contribution is -0.117. The van der Waals surface area contributed by atoms with E-state index in [1.807, 2.05) is 24.1 Å². The van der Waals surface area contributed by atoms with Gasteiger partial charge >= 0.3 is 0 Å². The van der Waals surface area contributed by atoms with E-state index >= 15 is 0 Å². The Morgan fingerprint density at radius 2 is 2.03 bits per heavy atom. The molecule has 0 aromatic carbocycles. The first kappa shape index (κ1) is 26.7. The first-order chi connectivity index (χ1) is 18.0. The molecule has 198 valence electrons. The van der Waals surface area contributed by atoms with Gasteiger partial charge in [-0.05, 0) is 38.1 Å². The topological polar surface area (TPSA) is 138 Å². The first-order valence-corrected chi connectivity index (χ1v) is 13.4. The minimum atomic E-state index is -0.502. The predicted molar refractivity (Wildman–Crippen MR) is 145 cm³/mol. The molecule has 2 aliphatic rings. The summed E-state index contributed by atoms with van der Waals surface area (Å²) in [7, 11) is 1.93. The number of nitrogens with two attached hydrogens (primary N) is 1. The highest BCUT2D eigenvalue weighted by molar-refractivity contribution is 7.13. The lowest BCUT2D eigenvalue weighted by atomic mass is 10.1. The SMILES string of the molecule is CN1CCOCCNC(=O)C(N)=C(C=NCCN2CCCCC2)NC(=O)c2csc(n2)-c2ccnc1c2. The number of likely N-dealkylation sites (tertiary alicyclic amines) is 1. The monoisotopic (exact) mass is 526 g/mol. The van der Waals surface area contributed by atoms with Crippen LogP contribution >= 0.6 is 11.3 Å². The molecule has 4 N–H and O–H groups in total. The van der Waals surface area contributed by atoms with Gasteiger partial charge in [-0.1, -0.05) is 6.42 Å². The van der Waals surface area contributed by atoms with E-state index in [-0.39, 0.29) is 23.6 Å². The number of nitrogens with zero attached hydrogens (tertiary/aromatic N) is 5. The summed E-state index contributed by atoms with van der Waals surface area (Å²) >= 11 is 1.35. The van der Waals surface area contributed by atoms with Crippen molar-refractivity contribution in [3.05, 3.63) is 40.8 Å². The Bertz CT molecular complexity index is 1140. The number of amides is 2. The third kappa shape index (κ3) is 7.57. The average Bonchev–Trinajstić information content (AvgIpc) is 3.42. The molecule has 0 unspecified atom stereocenters. The second-order valence-corrected chi connectivity index (χ2v) is 9.81. The molecular formula is C25H34N8O3S. The third-order valence-corrected chi connectivity index (χ3v) is 7.11. The minimum Gasteiger partial charge on any atom is -0.393 e. The standard InChI is InChI=1S/C25H34N8O3S/c1-32-12-14-36-13-8-29-24(35)22(26)19(16-27-7-11-33-9-3-2-4-10-33)30-23(34)20-17-37-25(31-20)18-5-6-28-21(32)15-18/h5-6,15-17H,2-4,7-14,26H2,1H3,(H,29,35)(H,30,34). The van der Waals surface area contributed by atoms with Crippen LogP contribution in [-0.2, 0) is 9.53 Å². The average molecular weight is 527 g/mol. The first-order valence-electron chi connectivity index (χ1n) is 12.5. The number of hydrogen-bond donors (Lipinski definition) is 3. The Hall–Kier alpha value is -3.35. The summed E-state index contributed by atoms with van der Waals surface area (Å²) < 4.78 is 5.66. The quantitative estimate of drug-likeness (QED) is 0.506. The Labute approximate surface area is 220 Å². The van der Waals surface area contributed by atoms with Gasteiger partial charge in [-0.25, -0.2) is 9.97 Å². The molecule has 0 aliphatic carbocycles. The molecule has 0 atom stereocenters. The van der Waals surface area contributed by atoms with Crippen molar-refractivity contribution in [2.45, 2.75) is 19.3 Å². The minimum absolute atomic E-state index is 0.120. The summed E-state index contributed by atoms with van der Waals surface area (Å²) in [5.74, 6) is -0.195. The maximum atomic E-state index is 13.1. The van der Waals surface area contributed by atoms with E-state index in [9.17, 15) is 9.59 Å². The van der Waals surface area contributed by atoms with E-state index in [4.69, 9.17) is 10.5 Å². The van der Waals surface area contributed by atoms with Crippen LogP contribution < -0.4 is 21.3 Å². The van der Waals surface area contributed by atoms with Crippen molar-refractivity contribution in [1.82, 2.24) is 25.5 Å². The van der Waals surface area contributed by atoms with Gasteiger partial charge in [0.15, 0.2) is 0 Å². The molecule has 11 nitrogen and oxygen atoms in total. The normalized spacial score (nSPS) is 18.9. The van der Waals surface area contributed by atoms with Gasteiger partial charge in [-0.15, -0.1) is 11.3 Å². The van der Waals surface area contributed by atoms with Crippen molar-refractivity contribution in [2.75, 3.05) is 64.4 Å². The Morgan fingerprint density at radius 3 is 2.86 bits per heavy atom. The number of carbonyl (C=O) groups is 2. The van der Waals surface area contributed by atoms with Gasteiger partial charge in [0.1, 0.15) is 22.2 Å². The highest BCUT2D eigenvalue weighted by atomic mass is 32.1. The number of piperidine rings is 1. The van der Waals surface area contributed by atoms with Gasteiger partial charge in [-0.2, -0.15) is 0 Å². The van der Waals surface area contributed by atoms with Crippen molar-refractivity contribution in [2.24, 2.45) is 10.7 Å². The third-order valence-electron chi connectivity index (χ3n) is 6.22. The number of likely N-dealkylation sites (N-methyl/N-ethyl adjacent to an activating group) is 1. The molecule has 2 amide bonds. The lowest BCUT2D eigenvalue weighted by Crippen LogP contribution is -2.36. The number of carbonyl (C=O) groups excluding carboxylic acids is 2. The number of aliphatic imine (C=N–C) groups is 1. The molecule has 1 saturated heterocycles. The number of ether oxygens (including phenoxy) is 1. The Kier molecular flexibility index (Phi) is 9.58. The number of nitrogens with one attached hydrogen (secondary N) is 2. The Morgan fingerprint density at radius 1 is 1.19 bits per heavy atom. The van der Waals surface area contributed by atoms with Crippen molar-refractivity contribution in [1.29, 1.82) is 0 Å². The molecule has 2 aliphatic heterocycles. The van der Waals surface area contributed by atoms with E-state index < -0.39 is 11.8 Å². The van der Waals surface area contributed by atoms with Crippen LogP contribution in [0.25, 0.3) is 10.6 Å². The number of fused-ring (bicyclic) bond motifs is 5. The molecular weight excluding hydrogens is 492 g/mol. The molecule has 37 heavy (non-hydrogen) atoms. The van der Waals surface area contributed by atoms with Gasteiger partial charge in [-0.3, -0.25) is 14.6 Å². The van der Waals surface area contributed by atoms with Crippen LogP contribution in [0, 0.1) is 0 Å². The van der Waals surface area contributed by atoms with Gasteiger partial charge in [0.2, 0.25) is 0 Å². The van der Waals surface area contributed by atoms with Crippen molar-refractivity contribution in [3.63, 3.8) is 0 Å². The highest BCUT2D eigenvalue weighted by Gasteiger charge is 2.18. The molecule has 0 radical (unpaired) electrons. The fraction of sp³-hybridized carbons (Fsp3) is 0.480. The zero-order valence-corrected chi connectivity index (χ0v) is 21.9. The van der Waals surface area contributed by atoms with Crippen molar-refractivity contribution >= 4 is 35.2 Å². The zero-order chi connectivity index (χ0) is 26.0. The maximum absolute atomic E-state index is 13.1. The second kappa shape index (κ2) is 13.3. The number of anilines is 1. The summed E-state index contributed by atoms with van der Waals surface area (Å²) in [5.41, 5.74) is 7.27. The molecule has 1 fully saturated rings. The summed E-state index contributed by atoms with van der Waals surface area (Å²) in [6.07, 6.45) is 6.86. The number of pyridine rings is 1. The van der Waals surface area contributed by atoms with Crippen LogP contribution in [0.2, 0.25) is 0 Å². The van der Waals surface area contributed by atoms with E-state index in [1.54, 1.807) is 11.6 Å². The van der Waals surface area contributed by atoms with Crippen LogP contribution in [0.1, 0.15) is 29.8 Å². The highest BCUT2D eigenvalue weighted by Crippen LogP contribution is 2.26. The van der Waals surface area contributed by atoms with Crippen LogP contribution in [0.5, 0.6) is 0 Å². The van der Waals surface area contributed by atoms with E-state index in [0.717, 1.165) is 31.0 Å². The summed E-state index contributed by atoms with van der Waals surface area (Å²) in [6.45, 7) is 5.20. The van der Waals surface area contributed by atoms with E-state index in [0.29, 0.717) is 31.3 Å². The van der Waals surface area contributed by atoms with Crippen molar-refractivity contribution in [3.8, 4) is 10.6 Å². The number of allylic oxidation sites excluding steroid dienone is 1. The van der Waals surface area contributed by atoms with Gasteiger partial charge in [0.25, 0.3) is 11.8 Å². The fourth-order valence-electron chi connectivity index (χ4n) is 4.04. The van der Waals surface area contributed by atoms with Gasteiger partial charge < -0.3 is 30.9 Å². The number of thiazole rings is 1. The second-order valence-electron chi connectivity index (χ2n) is 8.95. The van der Waals surface area contributed by atoms with E-state index in [2.05, 4.69) is 30.5 Å². The zero-order valence-electron chi connectivity index (χ0n) is 21.1. The lowest BCUT2D eigenvalue weighted by Gasteiger charge is -2.25. The number of hydrogen-bond acceptors (Lipinski definition) is 10. The van der Waals surface area contributed by atoms with Gasteiger partial charge in [0.05, 0.1) is 25.5 Å². The number of rotatable bonds is 4. The summed E-state index contributed by atoms with van der Waals surface area (Å²) in [6, 6.07) is 3.79. The fourth-order valence-corrected chi connectivity index (χ4v) is 4.83. The van der Waals surface area contributed by atoms with Crippen LogP contribution in [0.4, 0.5) is 5.82 Å². The molecule has 0 spiro atoms. The Balaban J connectivity index is 1.54. The van der Waals surface area contributed by atoms with Crippen molar-refractivity contribution < 1.29 is 14.3 Å². The molecule has 0 saturated carbocycles. The van der Waals surface area contributed by atoms with E-state index in [1.165, 1.54) is 36.8 Å². The predicted octanol–water partition coefficient (Wildman–Crippen LogP) is 1.24. The molecule has 4 heterocycles. The molecule has 2 aromatic heterocycles. The summed E-state index contributed by atoms with van der Waals surface area (Å²) in [4.78, 5) is 43.5.